The third-order valence-electron chi connectivity index (χ3n) is 3.47. The predicted octanol–water partition coefficient (Wildman–Crippen LogP) is 3.88. The number of nitrogens with one attached hydrogen (secondary N) is 1. The molecule has 0 unspecified atom stereocenters. The molecule has 2 aromatic rings. The monoisotopic (exact) mass is 408 g/mol. The molecule has 1 N–H and O–H groups in total. The van der Waals surface area contributed by atoms with Crippen molar-refractivity contribution in [3.05, 3.63) is 69.2 Å². The standard InChI is InChI=1S/C18H18BrClN2O2/c1-22(12-13-3-2-4-16(20)11-13)17(23)9-10-21-18(24)14-5-7-15(19)8-6-14/h2-8,11H,9-10,12H2,1H3,(H,21,24). The van der Waals surface area contributed by atoms with E-state index < -0.39 is 0 Å². The van der Waals surface area contributed by atoms with Gasteiger partial charge in [0, 0.05) is 41.6 Å². The van der Waals surface area contributed by atoms with Gasteiger partial charge in [-0.15, -0.1) is 0 Å². The van der Waals surface area contributed by atoms with Gasteiger partial charge in [0.25, 0.3) is 5.91 Å². The maximum Gasteiger partial charge on any atom is 0.251 e. The minimum atomic E-state index is -0.187. The summed E-state index contributed by atoms with van der Waals surface area (Å²) in [5.41, 5.74) is 1.54. The van der Waals surface area contributed by atoms with Crippen LogP contribution < -0.4 is 5.32 Å². The van der Waals surface area contributed by atoms with E-state index in [1.54, 1.807) is 42.3 Å². The van der Waals surface area contributed by atoms with Crippen LogP contribution >= 0.6 is 27.5 Å². The van der Waals surface area contributed by atoms with Gasteiger partial charge in [0.05, 0.1) is 0 Å². The summed E-state index contributed by atoms with van der Waals surface area (Å²) in [7, 11) is 1.74. The summed E-state index contributed by atoms with van der Waals surface area (Å²) in [5.74, 6) is -0.223. The molecule has 6 heteroatoms. The SMILES string of the molecule is CN(Cc1cccc(Cl)c1)C(=O)CCNC(=O)c1ccc(Br)cc1. The molecule has 24 heavy (non-hydrogen) atoms. The maximum atomic E-state index is 12.1. The summed E-state index contributed by atoms with van der Waals surface area (Å²) in [4.78, 5) is 25.7. The number of hydrogen-bond acceptors (Lipinski definition) is 2. The van der Waals surface area contributed by atoms with Crippen molar-refractivity contribution in [3.8, 4) is 0 Å². The number of carbonyl (C=O) groups is 2. The molecule has 0 saturated heterocycles. The fourth-order valence-corrected chi connectivity index (χ4v) is 2.65. The lowest BCUT2D eigenvalue weighted by Crippen LogP contribution is -2.31. The zero-order valence-electron chi connectivity index (χ0n) is 13.3. The first kappa shape index (κ1) is 18.5. The van der Waals surface area contributed by atoms with Gasteiger partial charge in [0.1, 0.15) is 0 Å². The number of halogens is 2. The van der Waals surface area contributed by atoms with E-state index in [4.69, 9.17) is 11.6 Å². The Morgan fingerprint density at radius 3 is 2.54 bits per heavy atom. The molecule has 0 atom stereocenters. The highest BCUT2D eigenvalue weighted by Gasteiger charge is 2.11. The third-order valence-corrected chi connectivity index (χ3v) is 4.23. The van der Waals surface area contributed by atoms with Gasteiger partial charge in [-0.05, 0) is 42.0 Å². The molecular weight excluding hydrogens is 392 g/mol. The number of amides is 2. The first-order valence-corrected chi connectivity index (χ1v) is 8.65. The average Bonchev–Trinajstić information content (AvgIpc) is 2.55. The van der Waals surface area contributed by atoms with Gasteiger partial charge in [0.2, 0.25) is 5.91 Å². The van der Waals surface area contributed by atoms with Crippen LogP contribution in [0.15, 0.2) is 53.0 Å². The molecule has 2 aromatic carbocycles. The Bertz CT molecular complexity index is 719. The second-order valence-corrected chi connectivity index (χ2v) is 6.74. The predicted molar refractivity (Wildman–Crippen MR) is 99.0 cm³/mol. The fourth-order valence-electron chi connectivity index (χ4n) is 2.17. The van der Waals surface area contributed by atoms with Crippen LogP contribution in [0.1, 0.15) is 22.3 Å². The quantitative estimate of drug-likeness (QED) is 0.787. The van der Waals surface area contributed by atoms with Crippen LogP contribution in [0.2, 0.25) is 5.02 Å². The lowest BCUT2D eigenvalue weighted by molar-refractivity contribution is -0.130. The smallest absolute Gasteiger partial charge is 0.251 e. The first-order chi connectivity index (χ1) is 11.5. The number of rotatable bonds is 6. The summed E-state index contributed by atoms with van der Waals surface area (Å²) in [6, 6.07) is 14.5. The van der Waals surface area contributed by atoms with E-state index in [1.165, 1.54) is 0 Å². The number of carbonyl (C=O) groups excluding carboxylic acids is 2. The second kappa shape index (κ2) is 8.85. The Hall–Kier alpha value is -1.85. The molecule has 0 aliphatic carbocycles. The van der Waals surface area contributed by atoms with Crippen molar-refractivity contribution in [2.24, 2.45) is 0 Å². The van der Waals surface area contributed by atoms with E-state index in [0.29, 0.717) is 23.7 Å². The van der Waals surface area contributed by atoms with E-state index in [1.807, 2.05) is 18.2 Å². The van der Waals surface area contributed by atoms with Gasteiger partial charge in [-0.3, -0.25) is 9.59 Å². The molecule has 126 valence electrons. The molecule has 0 saturated carbocycles. The Kier molecular flexibility index (Phi) is 6.82. The van der Waals surface area contributed by atoms with Crippen molar-refractivity contribution in [1.82, 2.24) is 10.2 Å². The van der Waals surface area contributed by atoms with Crippen LogP contribution in [0.25, 0.3) is 0 Å². The van der Waals surface area contributed by atoms with Gasteiger partial charge < -0.3 is 10.2 Å². The molecular formula is C18H18BrClN2O2. The van der Waals surface area contributed by atoms with Crippen molar-refractivity contribution in [3.63, 3.8) is 0 Å². The van der Waals surface area contributed by atoms with E-state index in [-0.39, 0.29) is 18.2 Å². The normalized spacial score (nSPS) is 10.3. The zero-order valence-corrected chi connectivity index (χ0v) is 15.6. The van der Waals surface area contributed by atoms with Crippen LogP contribution in [0, 0.1) is 0 Å². The number of nitrogens with zero attached hydrogens (tertiary/aromatic N) is 1. The Morgan fingerprint density at radius 1 is 1.17 bits per heavy atom. The largest absolute Gasteiger partial charge is 0.352 e. The maximum absolute atomic E-state index is 12.1. The highest BCUT2D eigenvalue weighted by atomic mass is 79.9. The molecule has 2 rings (SSSR count). The first-order valence-electron chi connectivity index (χ1n) is 7.48. The minimum Gasteiger partial charge on any atom is -0.352 e. The fraction of sp³-hybridized carbons (Fsp3) is 0.222. The van der Waals surface area contributed by atoms with Crippen molar-refractivity contribution in [2.75, 3.05) is 13.6 Å². The molecule has 4 nitrogen and oxygen atoms in total. The molecule has 0 aliphatic rings. The topological polar surface area (TPSA) is 49.4 Å². The van der Waals surface area contributed by atoms with Crippen LogP contribution in [0.3, 0.4) is 0 Å². The molecule has 0 bridgehead atoms. The molecule has 0 fully saturated rings. The highest BCUT2D eigenvalue weighted by Crippen LogP contribution is 2.13. The average molecular weight is 410 g/mol. The lowest BCUT2D eigenvalue weighted by atomic mass is 10.2. The third kappa shape index (κ3) is 5.65. The molecule has 2 amide bonds. The summed E-state index contributed by atoms with van der Waals surface area (Å²) in [6.07, 6.45) is 0.249. The molecule has 0 spiro atoms. The summed E-state index contributed by atoms with van der Waals surface area (Å²) < 4.78 is 0.914. The van der Waals surface area contributed by atoms with E-state index in [0.717, 1.165) is 10.0 Å². The van der Waals surface area contributed by atoms with Crippen molar-refractivity contribution < 1.29 is 9.59 Å². The van der Waals surface area contributed by atoms with Gasteiger partial charge in [-0.25, -0.2) is 0 Å². The van der Waals surface area contributed by atoms with Gasteiger partial charge >= 0.3 is 0 Å². The molecule has 0 aromatic heterocycles. The van der Waals surface area contributed by atoms with Crippen LogP contribution in [-0.2, 0) is 11.3 Å². The number of hydrogen-bond donors (Lipinski definition) is 1. The van der Waals surface area contributed by atoms with Crippen molar-refractivity contribution >= 4 is 39.3 Å². The Balaban J connectivity index is 1.78. The van der Waals surface area contributed by atoms with Crippen LogP contribution in [-0.4, -0.2) is 30.3 Å². The summed E-state index contributed by atoms with van der Waals surface area (Å²) in [6.45, 7) is 0.785. The molecule has 0 aliphatic heterocycles. The molecule has 0 heterocycles. The van der Waals surface area contributed by atoms with E-state index in [9.17, 15) is 9.59 Å². The van der Waals surface area contributed by atoms with Crippen molar-refractivity contribution in [2.45, 2.75) is 13.0 Å². The van der Waals surface area contributed by atoms with E-state index in [2.05, 4.69) is 21.2 Å². The molecule has 0 radical (unpaired) electrons. The number of benzene rings is 2. The van der Waals surface area contributed by atoms with E-state index >= 15 is 0 Å². The Labute approximate surface area is 154 Å². The summed E-state index contributed by atoms with van der Waals surface area (Å²) >= 11 is 9.26. The highest BCUT2D eigenvalue weighted by molar-refractivity contribution is 9.10. The summed E-state index contributed by atoms with van der Waals surface area (Å²) in [5, 5.41) is 3.40. The van der Waals surface area contributed by atoms with Gasteiger partial charge in [0.15, 0.2) is 0 Å². The lowest BCUT2D eigenvalue weighted by Gasteiger charge is -2.17. The van der Waals surface area contributed by atoms with Crippen molar-refractivity contribution in [1.29, 1.82) is 0 Å². The second-order valence-electron chi connectivity index (χ2n) is 5.39. The van der Waals surface area contributed by atoms with Gasteiger partial charge in [-0.1, -0.05) is 39.7 Å². The van der Waals surface area contributed by atoms with Crippen LogP contribution in [0.5, 0.6) is 0 Å². The minimum absolute atomic E-state index is 0.0360. The van der Waals surface area contributed by atoms with Gasteiger partial charge in [-0.2, -0.15) is 0 Å². The van der Waals surface area contributed by atoms with Crippen LogP contribution in [0.4, 0.5) is 0 Å². The Morgan fingerprint density at radius 2 is 1.88 bits per heavy atom. The zero-order chi connectivity index (χ0) is 17.5.